The van der Waals surface area contributed by atoms with E-state index < -0.39 is 0 Å². The maximum absolute atomic E-state index is 12.2. The van der Waals surface area contributed by atoms with Crippen LogP contribution in [0.25, 0.3) is 11.1 Å². The summed E-state index contributed by atoms with van der Waals surface area (Å²) in [6.07, 6.45) is 14.9. The molecule has 1 aliphatic rings. The number of hydrogen-bond acceptors (Lipinski definition) is 0. The van der Waals surface area contributed by atoms with Gasteiger partial charge in [0.2, 0.25) is 0 Å². The van der Waals surface area contributed by atoms with E-state index in [0.717, 1.165) is 12.3 Å². The molecule has 1 heteroatoms. The standard InChI is InChI=1S/C27H35F/c1-2-5-22-13-17-26(18-14-22)27-19-15-25(16-20-27)12-11-24-9-7-23(8-10-24)6-3-4-21-28/h3,6,13-20,23-24H,2,4-5,7-12,21H2,1H3/b6-3+/t23-,24-. The van der Waals surface area contributed by atoms with E-state index in [0.29, 0.717) is 12.3 Å². The molecule has 0 nitrogen and oxygen atoms in total. The van der Waals surface area contributed by atoms with Crippen LogP contribution in [0.15, 0.2) is 60.7 Å². The van der Waals surface area contributed by atoms with Crippen molar-refractivity contribution < 1.29 is 4.39 Å². The van der Waals surface area contributed by atoms with Gasteiger partial charge in [-0.15, -0.1) is 0 Å². The molecule has 150 valence electrons. The Morgan fingerprint density at radius 3 is 1.93 bits per heavy atom. The highest BCUT2D eigenvalue weighted by Gasteiger charge is 2.19. The summed E-state index contributed by atoms with van der Waals surface area (Å²) in [5.41, 5.74) is 5.50. The van der Waals surface area contributed by atoms with Crippen molar-refractivity contribution in [2.45, 2.75) is 64.7 Å². The van der Waals surface area contributed by atoms with Crippen LogP contribution in [0.2, 0.25) is 0 Å². The van der Waals surface area contributed by atoms with Crippen LogP contribution < -0.4 is 0 Å². The summed E-state index contributed by atoms with van der Waals surface area (Å²) in [6, 6.07) is 18.2. The van der Waals surface area contributed by atoms with E-state index in [9.17, 15) is 4.39 Å². The minimum Gasteiger partial charge on any atom is -0.251 e. The van der Waals surface area contributed by atoms with Crippen LogP contribution >= 0.6 is 0 Å². The lowest BCUT2D eigenvalue weighted by Gasteiger charge is -2.26. The van der Waals surface area contributed by atoms with Crippen molar-refractivity contribution in [3.63, 3.8) is 0 Å². The molecule has 0 amide bonds. The number of rotatable bonds is 9. The van der Waals surface area contributed by atoms with Gasteiger partial charge in [0.15, 0.2) is 0 Å². The Kier molecular flexibility index (Phi) is 8.33. The van der Waals surface area contributed by atoms with E-state index in [4.69, 9.17) is 0 Å². The van der Waals surface area contributed by atoms with Gasteiger partial charge in [0.1, 0.15) is 0 Å². The van der Waals surface area contributed by atoms with Crippen molar-refractivity contribution in [3.05, 3.63) is 71.8 Å². The molecule has 1 fully saturated rings. The molecule has 3 rings (SSSR count). The maximum Gasteiger partial charge on any atom is 0.0928 e. The molecule has 0 spiro atoms. The lowest BCUT2D eigenvalue weighted by molar-refractivity contribution is 0.296. The summed E-state index contributed by atoms with van der Waals surface area (Å²) in [4.78, 5) is 0. The zero-order valence-corrected chi connectivity index (χ0v) is 17.4. The van der Waals surface area contributed by atoms with E-state index in [1.54, 1.807) is 0 Å². The Morgan fingerprint density at radius 1 is 0.821 bits per heavy atom. The van der Waals surface area contributed by atoms with E-state index in [2.05, 4.69) is 61.5 Å². The van der Waals surface area contributed by atoms with Crippen molar-refractivity contribution in [1.29, 1.82) is 0 Å². The average molecular weight is 379 g/mol. The molecule has 2 aromatic carbocycles. The number of benzene rings is 2. The second-order valence-electron chi connectivity index (χ2n) is 8.37. The Labute approximate surface area is 170 Å². The predicted octanol–water partition coefficient (Wildman–Crippen LogP) is 7.96. The quantitative estimate of drug-likeness (QED) is 0.388. The van der Waals surface area contributed by atoms with Gasteiger partial charge in [-0.1, -0.05) is 74.0 Å². The minimum absolute atomic E-state index is 0.227. The molecular formula is C27H35F. The smallest absolute Gasteiger partial charge is 0.0928 e. The molecule has 0 aliphatic heterocycles. The van der Waals surface area contributed by atoms with Crippen LogP contribution in [0.1, 0.15) is 63.0 Å². The highest BCUT2D eigenvalue weighted by molar-refractivity contribution is 5.63. The number of hydrogen-bond donors (Lipinski definition) is 0. The third-order valence-electron chi connectivity index (χ3n) is 6.20. The van der Waals surface area contributed by atoms with E-state index >= 15 is 0 Å². The van der Waals surface area contributed by atoms with Gasteiger partial charge in [0, 0.05) is 0 Å². The minimum atomic E-state index is -0.227. The lowest BCUT2D eigenvalue weighted by Crippen LogP contribution is -2.13. The largest absolute Gasteiger partial charge is 0.251 e. The molecule has 0 saturated heterocycles. The Bertz CT molecular complexity index is 703. The van der Waals surface area contributed by atoms with Crippen molar-refractivity contribution in [2.24, 2.45) is 11.8 Å². The van der Waals surface area contributed by atoms with Gasteiger partial charge in [-0.3, -0.25) is 4.39 Å². The summed E-state index contributed by atoms with van der Waals surface area (Å²) in [5, 5.41) is 0. The van der Waals surface area contributed by atoms with Crippen molar-refractivity contribution in [1.82, 2.24) is 0 Å². The first-order valence-electron chi connectivity index (χ1n) is 11.2. The topological polar surface area (TPSA) is 0 Å². The molecule has 0 bridgehead atoms. The lowest BCUT2D eigenvalue weighted by atomic mass is 9.79. The van der Waals surface area contributed by atoms with Gasteiger partial charge >= 0.3 is 0 Å². The van der Waals surface area contributed by atoms with Crippen LogP contribution in [-0.2, 0) is 12.8 Å². The van der Waals surface area contributed by atoms with Crippen LogP contribution in [0.3, 0.4) is 0 Å². The molecule has 28 heavy (non-hydrogen) atoms. The van der Waals surface area contributed by atoms with E-state index in [-0.39, 0.29) is 6.67 Å². The molecule has 2 aromatic rings. The molecule has 1 saturated carbocycles. The first-order chi connectivity index (χ1) is 13.8. The number of alkyl halides is 1. The number of aryl methyl sites for hydroxylation is 2. The van der Waals surface area contributed by atoms with Gasteiger partial charge in [0.05, 0.1) is 6.67 Å². The fourth-order valence-electron chi connectivity index (χ4n) is 4.41. The monoisotopic (exact) mass is 378 g/mol. The van der Waals surface area contributed by atoms with Crippen LogP contribution in [0.5, 0.6) is 0 Å². The predicted molar refractivity (Wildman–Crippen MR) is 119 cm³/mol. The van der Waals surface area contributed by atoms with Gasteiger partial charge in [-0.2, -0.15) is 0 Å². The molecule has 0 aromatic heterocycles. The second-order valence-corrected chi connectivity index (χ2v) is 8.37. The summed E-state index contributed by atoms with van der Waals surface area (Å²) in [6.45, 7) is 2.00. The van der Waals surface area contributed by atoms with Crippen LogP contribution in [0, 0.1) is 11.8 Å². The SMILES string of the molecule is CCCc1ccc(-c2ccc(CC[C@H]3CC[C@H](/C=C/CCF)CC3)cc2)cc1. The fraction of sp³-hybridized carbons (Fsp3) is 0.481. The number of halogens is 1. The first-order valence-corrected chi connectivity index (χ1v) is 11.2. The summed E-state index contributed by atoms with van der Waals surface area (Å²) in [7, 11) is 0. The normalized spacial score (nSPS) is 19.9. The van der Waals surface area contributed by atoms with Crippen molar-refractivity contribution >= 4 is 0 Å². The summed E-state index contributed by atoms with van der Waals surface area (Å²) < 4.78 is 12.2. The Morgan fingerprint density at radius 2 is 1.39 bits per heavy atom. The Hall–Kier alpha value is -1.89. The van der Waals surface area contributed by atoms with Gasteiger partial charge in [-0.05, 0) is 85.5 Å². The maximum atomic E-state index is 12.2. The van der Waals surface area contributed by atoms with Crippen LogP contribution in [-0.4, -0.2) is 6.67 Å². The summed E-state index contributed by atoms with van der Waals surface area (Å²) in [5.74, 6) is 1.54. The summed E-state index contributed by atoms with van der Waals surface area (Å²) >= 11 is 0. The van der Waals surface area contributed by atoms with E-state index in [1.165, 1.54) is 67.2 Å². The zero-order chi connectivity index (χ0) is 19.6. The molecule has 0 radical (unpaired) electrons. The zero-order valence-electron chi connectivity index (χ0n) is 17.4. The van der Waals surface area contributed by atoms with Crippen LogP contribution in [0.4, 0.5) is 4.39 Å². The Balaban J connectivity index is 1.45. The van der Waals surface area contributed by atoms with E-state index in [1.807, 2.05) is 6.08 Å². The molecule has 1 aliphatic carbocycles. The van der Waals surface area contributed by atoms with Crippen molar-refractivity contribution in [3.8, 4) is 11.1 Å². The molecule has 0 atom stereocenters. The number of allylic oxidation sites excluding steroid dienone is 2. The third-order valence-corrected chi connectivity index (χ3v) is 6.20. The molecule has 0 heterocycles. The molecule has 0 N–H and O–H groups in total. The highest BCUT2D eigenvalue weighted by Crippen LogP contribution is 2.32. The molecule has 0 unspecified atom stereocenters. The molecular weight excluding hydrogens is 343 g/mol. The van der Waals surface area contributed by atoms with Gasteiger partial charge < -0.3 is 0 Å². The first kappa shape index (κ1) is 20.8. The van der Waals surface area contributed by atoms with Gasteiger partial charge in [0.25, 0.3) is 0 Å². The third kappa shape index (κ3) is 6.33. The second kappa shape index (κ2) is 11.2. The van der Waals surface area contributed by atoms with Crippen molar-refractivity contribution in [2.75, 3.05) is 6.67 Å². The average Bonchev–Trinajstić information content (AvgIpc) is 2.75. The highest BCUT2D eigenvalue weighted by atomic mass is 19.1. The van der Waals surface area contributed by atoms with Gasteiger partial charge in [-0.25, -0.2) is 0 Å². The fourth-order valence-corrected chi connectivity index (χ4v) is 4.41.